The molecule has 3 heterocycles. The Labute approximate surface area is 164 Å². The fourth-order valence-electron chi connectivity index (χ4n) is 3.85. The number of carbonyl (C=O) groups is 1. The lowest BCUT2D eigenvalue weighted by Gasteiger charge is -2.27. The summed E-state index contributed by atoms with van der Waals surface area (Å²) in [5.74, 6) is 0.856. The molecule has 8 nitrogen and oxygen atoms in total. The zero-order chi connectivity index (χ0) is 19.7. The summed E-state index contributed by atoms with van der Waals surface area (Å²) < 4.78 is 11.1. The van der Waals surface area contributed by atoms with E-state index in [1.807, 2.05) is 54.2 Å². The number of carbonyl (C=O) groups excluding carboxylic acids is 1. The van der Waals surface area contributed by atoms with Crippen LogP contribution >= 0.6 is 0 Å². The lowest BCUT2D eigenvalue weighted by atomic mass is 10.1. The van der Waals surface area contributed by atoms with Crippen molar-refractivity contribution in [3.05, 3.63) is 35.9 Å². The van der Waals surface area contributed by atoms with Crippen LogP contribution in [0.25, 0.3) is 11.3 Å². The first-order chi connectivity index (χ1) is 13.6. The van der Waals surface area contributed by atoms with E-state index >= 15 is 0 Å². The minimum atomic E-state index is -0.578. The minimum absolute atomic E-state index is 0.0872. The van der Waals surface area contributed by atoms with Crippen LogP contribution in [-0.4, -0.2) is 91.6 Å². The number of hydrogen-bond donors (Lipinski definition) is 1. The first-order valence-electron chi connectivity index (χ1n) is 9.58. The molecule has 0 saturated carbocycles. The highest BCUT2D eigenvalue weighted by Crippen LogP contribution is 2.33. The van der Waals surface area contributed by atoms with Crippen molar-refractivity contribution < 1.29 is 19.2 Å². The summed E-state index contributed by atoms with van der Waals surface area (Å²) in [6, 6.07) is 9.45. The summed E-state index contributed by atoms with van der Waals surface area (Å²) in [5, 5.41) is 14.6. The predicted molar refractivity (Wildman–Crippen MR) is 104 cm³/mol. The van der Waals surface area contributed by atoms with E-state index in [1.54, 1.807) is 4.90 Å². The molecule has 2 aromatic rings. The van der Waals surface area contributed by atoms with Gasteiger partial charge in [-0.3, -0.25) is 4.79 Å². The van der Waals surface area contributed by atoms with Gasteiger partial charge in [-0.15, -0.1) is 0 Å². The van der Waals surface area contributed by atoms with Gasteiger partial charge in [0, 0.05) is 31.7 Å². The number of nitrogens with zero attached hydrogens (tertiary/aromatic N) is 4. The fraction of sp³-hybridized carbons (Fsp3) is 0.500. The Balaban J connectivity index is 1.71. The summed E-state index contributed by atoms with van der Waals surface area (Å²) in [6.07, 6.45) is -0.578. The molecule has 2 unspecified atom stereocenters. The maximum Gasteiger partial charge on any atom is 0.261 e. The smallest absolute Gasteiger partial charge is 0.261 e. The molecule has 0 aliphatic carbocycles. The summed E-state index contributed by atoms with van der Waals surface area (Å²) in [7, 11) is 3.83. The quantitative estimate of drug-likeness (QED) is 0.837. The summed E-state index contributed by atoms with van der Waals surface area (Å²) in [6.45, 7) is 3.26. The monoisotopic (exact) mass is 386 g/mol. The molecule has 8 heteroatoms. The van der Waals surface area contributed by atoms with E-state index in [-0.39, 0.29) is 11.9 Å². The molecular weight excluding hydrogens is 360 g/mol. The highest BCUT2D eigenvalue weighted by molar-refractivity contribution is 6.04. The number of amides is 1. The van der Waals surface area contributed by atoms with Crippen LogP contribution < -0.4 is 4.90 Å². The fourth-order valence-corrected chi connectivity index (χ4v) is 3.85. The van der Waals surface area contributed by atoms with E-state index in [2.05, 4.69) is 5.16 Å². The van der Waals surface area contributed by atoms with Crippen LogP contribution in [0.15, 0.2) is 34.9 Å². The van der Waals surface area contributed by atoms with Crippen LogP contribution in [0, 0.1) is 0 Å². The molecule has 2 fully saturated rings. The molecule has 4 rings (SSSR count). The Bertz CT molecular complexity index is 817. The number of β-amino-alcohol motifs (C(OH)–C–C–N with tert-alkyl or cyclic N) is 1. The third kappa shape index (κ3) is 3.50. The van der Waals surface area contributed by atoms with Gasteiger partial charge in [0.2, 0.25) is 0 Å². The molecule has 2 aliphatic rings. The van der Waals surface area contributed by atoms with Crippen LogP contribution in [0.4, 0.5) is 5.82 Å². The van der Waals surface area contributed by atoms with E-state index in [1.165, 1.54) is 0 Å². The number of likely N-dealkylation sites (tertiary alicyclic amines) is 1. The van der Waals surface area contributed by atoms with Gasteiger partial charge in [0.25, 0.3) is 5.91 Å². The standard InChI is InChI=1S/C20H26N4O4/c1-22(2)15-12-24(13-16(15)25)20(26)17-18(14-6-4-3-5-7-14)28-21-19(17)23-8-10-27-11-9-23/h3-7,15-16,25H,8-13H2,1-2H3. The molecule has 1 aromatic heterocycles. The number of aliphatic hydroxyl groups excluding tert-OH is 1. The number of benzene rings is 1. The van der Waals surface area contributed by atoms with Crippen molar-refractivity contribution in [3.8, 4) is 11.3 Å². The highest BCUT2D eigenvalue weighted by atomic mass is 16.5. The SMILES string of the molecule is CN(C)C1CN(C(=O)c2c(N3CCOCC3)noc2-c2ccccc2)CC1O. The van der Waals surface area contributed by atoms with Crippen molar-refractivity contribution in [2.75, 3.05) is 58.4 Å². The lowest BCUT2D eigenvalue weighted by molar-refractivity contribution is 0.0763. The van der Waals surface area contributed by atoms with Crippen LogP contribution in [0.2, 0.25) is 0 Å². The van der Waals surface area contributed by atoms with Crippen LogP contribution in [0.3, 0.4) is 0 Å². The Hall–Kier alpha value is -2.42. The van der Waals surface area contributed by atoms with E-state index in [9.17, 15) is 9.90 Å². The maximum atomic E-state index is 13.5. The van der Waals surface area contributed by atoms with E-state index in [0.29, 0.717) is 56.5 Å². The zero-order valence-corrected chi connectivity index (χ0v) is 16.2. The molecule has 0 spiro atoms. The summed E-state index contributed by atoms with van der Waals surface area (Å²) in [5.41, 5.74) is 1.27. The van der Waals surface area contributed by atoms with E-state index in [0.717, 1.165) is 5.56 Å². The van der Waals surface area contributed by atoms with Gasteiger partial charge in [-0.2, -0.15) is 0 Å². The third-order valence-electron chi connectivity index (χ3n) is 5.44. The second kappa shape index (κ2) is 7.90. The van der Waals surface area contributed by atoms with E-state index in [4.69, 9.17) is 9.26 Å². The Kier molecular flexibility index (Phi) is 5.34. The number of aromatic nitrogens is 1. The predicted octanol–water partition coefficient (Wildman–Crippen LogP) is 0.925. The second-order valence-electron chi connectivity index (χ2n) is 7.48. The molecule has 2 aliphatic heterocycles. The van der Waals surface area contributed by atoms with Crippen molar-refractivity contribution in [1.29, 1.82) is 0 Å². The maximum absolute atomic E-state index is 13.5. The molecule has 2 atom stereocenters. The van der Waals surface area contributed by atoms with Gasteiger partial charge < -0.3 is 29.1 Å². The average molecular weight is 386 g/mol. The number of hydrogen-bond acceptors (Lipinski definition) is 7. The van der Waals surface area contributed by atoms with Crippen LogP contribution in [0.1, 0.15) is 10.4 Å². The molecule has 150 valence electrons. The average Bonchev–Trinajstić information content (AvgIpc) is 3.33. The van der Waals surface area contributed by atoms with Gasteiger partial charge in [0.05, 0.1) is 25.4 Å². The molecule has 1 N–H and O–H groups in total. The normalized spacial score (nSPS) is 22.9. The highest BCUT2D eigenvalue weighted by Gasteiger charge is 2.39. The number of anilines is 1. The number of ether oxygens (including phenoxy) is 1. The molecule has 1 aromatic carbocycles. The first kappa shape index (κ1) is 18.9. The van der Waals surface area contributed by atoms with Crippen LogP contribution in [-0.2, 0) is 4.74 Å². The molecule has 28 heavy (non-hydrogen) atoms. The van der Waals surface area contributed by atoms with Crippen LogP contribution in [0.5, 0.6) is 0 Å². The number of rotatable bonds is 4. The number of likely N-dealkylation sites (N-methyl/N-ethyl adjacent to an activating group) is 1. The van der Waals surface area contributed by atoms with Crippen molar-refractivity contribution >= 4 is 11.7 Å². The lowest BCUT2D eigenvalue weighted by Crippen LogP contribution is -2.39. The molecule has 2 saturated heterocycles. The third-order valence-corrected chi connectivity index (χ3v) is 5.44. The van der Waals surface area contributed by atoms with Crippen molar-refractivity contribution in [3.63, 3.8) is 0 Å². The molecular formula is C20H26N4O4. The van der Waals surface area contributed by atoms with Gasteiger partial charge in [-0.05, 0) is 14.1 Å². The molecule has 0 bridgehead atoms. The van der Waals surface area contributed by atoms with Gasteiger partial charge in [0.15, 0.2) is 11.6 Å². The Morgan fingerprint density at radius 2 is 1.89 bits per heavy atom. The summed E-state index contributed by atoms with van der Waals surface area (Å²) in [4.78, 5) is 19.2. The first-order valence-corrected chi connectivity index (χ1v) is 9.58. The summed E-state index contributed by atoms with van der Waals surface area (Å²) >= 11 is 0. The molecule has 0 radical (unpaired) electrons. The number of morpholine rings is 1. The topological polar surface area (TPSA) is 82.3 Å². The molecule has 1 amide bonds. The number of aliphatic hydroxyl groups is 1. The Morgan fingerprint density at radius 1 is 1.18 bits per heavy atom. The Morgan fingerprint density at radius 3 is 2.54 bits per heavy atom. The second-order valence-corrected chi connectivity index (χ2v) is 7.48. The zero-order valence-electron chi connectivity index (χ0n) is 16.2. The van der Waals surface area contributed by atoms with Gasteiger partial charge in [-0.1, -0.05) is 35.5 Å². The van der Waals surface area contributed by atoms with Crippen molar-refractivity contribution in [2.45, 2.75) is 12.1 Å². The largest absolute Gasteiger partial charge is 0.390 e. The van der Waals surface area contributed by atoms with Crippen molar-refractivity contribution in [1.82, 2.24) is 15.0 Å². The minimum Gasteiger partial charge on any atom is -0.390 e. The van der Waals surface area contributed by atoms with Crippen molar-refractivity contribution in [2.24, 2.45) is 0 Å². The van der Waals surface area contributed by atoms with Gasteiger partial charge in [-0.25, -0.2) is 0 Å². The van der Waals surface area contributed by atoms with Gasteiger partial charge in [0.1, 0.15) is 5.56 Å². The van der Waals surface area contributed by atoms with Gasteiger partial charge >= 0.3 is 0 Å². The van der Waals surface area contributed by atoms with E-state index < -0.39 is 6.10 Å².